The molecule has 1 aliphatic rings. The Morgan fingerprint density at radius 2 is 1.90 bits per heavy atom. The van der Waals surface area contributed by atoms with Crippen LogP contribution in [0.15, 0.2) is 43.0 Å². The maximum absolute atomic E-state index is 13.5. The van der Waals surface area contributed by atoms with Crippen LogP contribution < -0.4 is 11.1 Å². The number of pyridine rings is 1. The van der Waals surface area contributed by atoms with Gasteiger partial charge in [0, 0.05) is 59.1 Å². The zero-order valence-corrected chi connectivity index (χ0v) is 25.1. The van der Waals surface area contributed by atoms with Gasteiger partial charge in [0.05, 0.1) is 6.07 Å². The van der Waals surface area contributed by atoms with Gasteiger partial charge in [-0.25, -0.2) is 9.97 Å². The van der Waals surface area contributed by atoms with Crippen molar-refractivity contribution < 1.29 is 9.59 Å². The van der Waals surface area contributed by atoms with Crippen LogP contribution in [0, 0.1) is 28.1 Å². The summed E-state index contributed by atoms with van der Waals surface area (Å²) in [5, 5.41) is 15.0. The number of carbonyl (C=O) groups excluding carboxylic acids is 2. The number of likely N-dealkylation sites (tertiary alicyclic amines) is 1. The molecule has 1 fully saturated rings. The molecular formula is C29H35Cl2N7O2. The van der Waals surface area contributed by atoms with E-state index in [0.717, 1.165) is 5.39 Å². The van der Waals surface area contributed by atoms with E-state index < -0.39 is 12.1 Å². The van der Waals surface area contributed by atoms with Gasteiger partial charge in [0.15, 0.2) is 11.0 Å². The lowest BCUT2D eigenvalue weighted by atomic mass is 9.80. The number of halogens is 2. The van der Waals surface area contributed by atoms with Crippen LogP contribution in [0.2, 0.25) is 10.2 Å². The van der Waals surface area contributed by atoms with Gasteiger partial charge in [0.1, 0.15) is 12.1 Å². The Bertz CT molecular complexity index is 1410. The lowest BCUT2D eigenvalue weighted by Gasteiger charge is -2.29. The van der Waals surface area contributed by atoms with Gasteiger partial charge in [-0.1, -0.05) is 76.9 Å². The van der Waals surface area contributed by atoms with Crippen molar-refractivity contribution in [1.82, 2.24) is 25.2 Å². The summed E-state index contributed by atoms with van der Waals surface area (Å²) in [4.78, 5) is 39.8. The number of nitrogen functional groups attached to an aromatic ring is 1. The highest BCUT2D eigenvalue weighted by atomic mass is 35.5. The minimum absolute atomic E-state index is 0.0431. The number of hydrogen-bond acceptors (Lipinski definition) is 7. The summed E-state index contributed by atoms with van der Waals surface area (Å²) in [6.45, 7) is 12.7. The van der Waals surface area contributed by atoms with E-state index in [1.807, 2.05) is 39.8 Å². The van der Waals surface area contributed by atoms with Gasteiger partial charge in [-0.2, -0.15) is 5.26 Å². The molecule has 0 aliphatic carbocycles. The van der Waals surface area contributed by atoms with Crippen LogP contribution >= 0.6 is 23.2 Å². The molecule has 3 aromatic rings. The number of rotatable bonds is 4. The Morgan fingerprint density at radius 3 is 2.48 bits per heavy atom. The van der Waals surface area contributed by atoms with E-state index in [2.05, 4.69) is 40.2 Å². The second-order valence-corrected chi connectivity index (χ2v) is 12.6. The first-order valence-electron chi connectivity index (χ1n) is 12.9. The maximum Gasteiger partial charge on any atom is 0.244 e. The van der Waals surface area contributed by atoms with Gasteiger partial charge in [0.2, 0.25) is 11.8 Å². The minimum atomic E-state index is -0.936. The number of amides is 2. The fourth-order valence-corrected chi connectivity index (χ4v) is 5.12. The second kappa shape index (κ2) is 12.4. The highest BCUT2D eigenvalue weighted by Crippen LogP contribution is 2.41. The standard InChI is InChI=1S/C25H31ClN4O2.C4H4ClN3/c1-15-22(30(14-25(15,5)6)20(31)10-24(2,3)4)23(32)29-19(11-27)17-13-28-12-16-8-7-9-18(26)21(16)17;5-3-4(6)8-2-1-7-3/h7-9,12-13,15,19,22H,10,14H2,1-6H3,(H,29,32);1-2H,(H2,6,8)/t15?,19?,22-;/m0./s1. The molecule has 2 unspecified atom stereocenters. The quantitative estimate of drug-likeness (QED) is 0.408. The zero-order chi connectivity index (χ0) is 29.8. The van der Waals surface area contributed by atoms with Crippen LogP contribution in [0.5, 0.6) is 0 Å². The third-order valence-electron chi connectivity index (χ3n) is 7.06. The van der Waals surface area contributed by atoms with Crippen molar-refractivity contribution in [1.29, 1.82) is 5.26 Å². The molecule has 2 aromatic heterocycles. The fraction of sp³-hybridized carbons (Fsp3) is 0.448. The third-order valence-corrected chi connectivity index (χ3v) is 7.66. The molecule has 2 amide bonds. The number of carbonyl (C=O) groups is 2. The van der Waals surface area contributed by atoms with E-state index in [4.69, 9.17) is 28.9 Å². The van der Waals surface area contributed by atoms with Crippen LogP contribution in [-0.4, -0.2) is 44.3 Å². The molecule has 0 bridgehead atoms. The van der Waals surface area contributed by atoms with Crippen molar-refractivity contribution in [3.63, 3.8) is 0 Å². The Kier molecular flexibility index (Phi) is 9.60. The Hall–Kier alpha value is -3.48. The van der Waals surface area contributed by atoms with Gasteiger partial charge < -0.3 is 16.0 Å². The van der Waals surface area contributed by atoms with Gasteiger partial charge in [-0.3, -0.25) is 14.6 Å². The molecule has 11 heteroatoms. The molecule has 4 rings (SSSR count). The number of anilines is 1. The first-order chi connectivity index (χ1) is 18.7. The molecular weight excluding hydrogens is 549 g/mol. The van der Waals surface area contributed by atoms with Crippen molar-refractivity contribution in [2.75, 3.05) is 12.3 Å². The zero-order valence-electron chi connectivity index (χ0n) is 23.6. The van der Waals surface area contributed by atoms with Crippen LogP contribution in [0.3, 0.4) is 0 Å². The van der Waals surface area contributed by atoms with Gasteiger partial charge in [-0.05, 0) is 22.8 Å². The summed E-state index contributed by atoms with van der Waals surface area (Å²) >= 11 is 11.8. The number of hydrogen-bond donors (Lipinski definition) is 2. The average Bonchev–Trinajstić information content (AvgIpc) is 3.12. The monoisotopic (exact) mass is 583 g/mol. The SMILES string of the molecule is CC1[C@@H](C(=O)NC(C#N)c2cncc3cccc(Cl)c23)N(C(=O)CC(C)(C)C)CC1(C)C.Nc1nccnc1Cl. The molecule has 0 radical (unpaired) electrons. The van der Waals surface area contributed by atoms with Gasteiger partial charge in [0.25, 0.3) is 0 Å². The molecule has 40 heavy (non-hydrogen) atoms. The van der Waals surface area contributed by atoms with E-state index >= 15 is 0 Å². The number of nitrogens with two attached hydrogens (primary N) is 1. The first kappa shape index (κ1) is 31.1. The number of nitrogens with one attached hydrogen (secondary N) is 1. The van der Waals surface area contributed by atoms with Crippen molar-refractivity contribution in [3.05, 3.63) is 58.7 Å². The topological polar surface area (TPSA) is 138 Å². The number of fused-ring (bicyclic) bond motifs is 1. The van der Waals surface area contributed by atoms with Crippen LogP contribution in [-0.2, 0) is 9.59 Å². The van der Waals surface area contributed by atoms with Crippen molar-refractivity contribution in [3.8, 4) is 6.07 Å². The third kappa shape index (κ3) is 7.18. The Morgan fingerprint density at radius 1 is 1.23 bits per heavy atom. The van der Waals surface area contributed by atoms with E-state index in [1.54, 1.807) is 23.4 Å². The first-order valence-corrected chi connectivity index (χ1v) is 13.7. The Balaban J connectivity index is 0.000000472. The highest BCUT2D eigenvalue weighted by Gasteiger charge is 2.50. The van der Waals surface area contributed by atoms with Gasteiger partial charge in [-0.15, -0.1) is 0 Å². The summed E-state index contributed by atoms with van der Waals surface area (Å²) < 4.78 is 0. The molecule has 1 aromatic carbocycles. The largest absolute Gasteiger partial charge is 0.381 e. The summed E-state index contributed by atoms with van der Waals surface area (Å²) in [6.07, 6.45) is 6.56. The fourth-order valence-electron chi connectivity index (χ4n) is 4.72. The van der Waals surface area contributed by atoms with Crippen molar-refractivity contribution in [2.45, 2.75) is 60.0 Å². The van der Waals surface area contributed by atoms with Gasteiger partial charge >= 0.3 is 0 Å². The molecule has 212 valence electrons. The number of nitriles is 1. The van der Waals surface area contributed by atoms with E-state index in [9.17, 15) is 14.9 Å². The minimum Gasteiger partial charge on any atom is -0.381 e. The Labute approximate surface area is 245 Å². The molecule has 1 saturated heterocycles. The molecule has 3 atom stereocenters. The van der Waals surface area contributed by atoms with Crippen LogP contribution in [0.4, 0.5) is 5.82 Å². The van der Waals surface area contributed by atoms with E-state index in [1.165, 1.54) is 12.4 Å². The van der Waals surface area contributed by atoms with Crippen LogP contribution in [0.1, 0.15) is 59.6 Å². The molecule has 1 aliphatic heterocycles. The molecule has 3 N–H and O–H groups in total. The lowest BCUT2D eigenvalue weighted by molar-refractivity contribution is -0.140. The predicted molar refractivity (Wildman–Crippen MR) is 157 cm³/mol. The number of nitrogens with zero attached hydrogens (tertiary/aromatic N) is 5. The molecule has 3 heterocycles. The highest BCUT2D eigenvalue weighted by molar-refractivity contribution is 6.35. The summed E-state index contributed by atoms with van der Waals surface area (Å²) in [7, 11) is 0. The molecule has 0 saturated carbocycles. The van der Waals surface area contributed by atoms with Crippen molar-refractivity contribution >= 4 is 51.6 Å². The van der Waals surface area contributed by atoms with Crippen LogP contribution in [0.25, 0.3) is 10.8 Å². The smallest absolute Gasteiger partial charge is 0.244 e. The predicted octanol–water partition coefficient (Wildman–Crippen LogP) is 5.59. The average molecular weight is 585 g/mol. The maximum atomic E-state index is 13.5. The summed E-state index contributed by atoms with van der Waals surface area (Å²) in [5.41, 5.74) is 5.35. The lowest BCUT2D eigenvalue weighted by Crippen LogP contribution is -2.49. The summed E-state index contributed by atoms with van der Waals surface area (Å²) in [6, 6.07) is 6.02. The van der Waals surface area contributed by atoms with E-state index in [-0.39, 0.29) is 39.5 Å². The molecule has 9 nitrogen and oxygen atoms in total. The number of aromatic nitrogens is 3. The van der Waals surface area contributed by atoms with Crippen molar-refractivity contribution in [2.24, 2.45) is 16.7 Å². The number of benzene rings is 1. The normalized spacial score (nSPS) is 18.8. The second-order valence-electron chi connectivity index (χ2n) is 11.9. The molecule has 0 spiro atoms. The van der Waals surface area contributed by atoms with E-state index in [0.29, 0.717) is 28.9 Å². The summed E-state index contributed by atoms with van der Waals surface area (Å²) in [5.74, 6) is -0.173.